The summed E-state index contributed by atoms with van der Waals surface area (Å²) in [6.45, 7) is 0.543. The largest absolute Gasteiger partial charge is 0.497 e. The van der Waals surface area contributed by atoms with Crippen LogP contribution >= 0.6 is 0 Å². The van der Waals surface area contributed by atoms with Crippen LogP contribution in [0.2, 0.25) is 0 Å². The van der Waals surface area contributed by atoms with Crippen LogP contribution in [0.1, 0.15) is 16.1 Å². The molecule has 0 spiro atoms. The second kappa shape index (κ2) is 6.56. The molecule has 5 nitrogen and oxygen atoms in total. The van der Waals surface area contributed by atoms with Crippen molar-refractivity contribution >= 4 is 11.7 Å². The van der Waals surface area contributed by atoms with E-state index in [2.05, 4.69) is 10.3 Å². The molecular formula is C15H17N3O2. The van der Waals surface area contributed by atoms with Crippen LogP contribution in [0.25, 0.3) is 0 Å². The van der Waals surface area contributed by atoms with Crippen molar-refractivity contribution in [3.63, 3.8) is 0 Å². The molecule has 0 saturated carbocycles. The summed E-state index contributed by atoms with van der Waals surface area (Å²) < 4.78 is 5.09. The van der Waals surface area contributed by atoms with Crippen LogP contribution in [0.3, 0.4) is 0 Å². The third kappa shape index (κ3) is 3.71. The van der Waals surface area contributed by atoms with Gasteiger partial charge in [-0.05, 0) is 36.2 Å². The third-order valence-corrected chi connectivity index (χ3v) is 2.86. The molecule has 1 amide bonds. The average molecular weight is 271 g/mol. The SMILES string of the molecule is COc1ccc(CCNC(=O)c2cccc(N)n2)cc1. The zero-order chi connectivity index (χ0) is 14.4. The Hall–Kier alpha value is -2.56. The van der Waals surface area contributed by atoms with Gasteiger partial charge < -0.3 is 15.8 Å². The van der Waals surface area contributed by atoms with Gasteiger partial charge in [0.05, 0.1) is 7.11 Å². The van der Waals surface area contributed by atoms with E-state index in [9.17, 15) is 4.79 Å². The summed E-state index contributed by atoms with van der Waals surface area (Å²) in [4.78, 5) is 15.8. The summed E-state index contributed by atoms with van der Waals surface area (Å²) in [5.74, 6) is 0.945. The maximum Gasteiger partial charge on any atom is 0.269 e. The van der Waals surface area contributed by atoms with Gasteiger partial charge in [0.15, 0.2) is 0 Å². The molecule has 0 aliphatic heterocycles. The highest BCUT2D eigenvalue weighted by molar-refractivity contribution is 5.92. The van der Waals surface area contributed by atoms with Gasteiger partial charge in [-0.1, -0.05) is 18.2 Å². The van der Waals surface area contributed by atoms with Gasteiger partial charge in [-0.15, -0.1) is 0 Å². The summed E-state index contributed by atoms with van der Waals surface area (Å²) in [6, 6.07) is 12.7. The Labute approximate surface area is 117 Å². The van der Waals surface area contributed by atoms with Crippen molar-refractivity contribution in [2.24, 2.45) is 0 Å². The molecule has 0 aliphatic carbocycles. The Balaban J connectivity index is 1.84. The first kappa shape index (κ1) is 13.9. The lowest BCUT2D eigenvalue weighted by molar-refractivity contribution is 0.0949. The number of anilines is 1. The van der Waals surface area contributed by atoms with Gasteiger partial charge >= 0.3 is 0 Å². The van der Waals surface area contributed by atoms with Crippen molar-refractivity contribution < 1.29 is 9.53 Å². The molecule has 1 heterocycles. The normalized spacial score (nSPS) is 10.1. The van der Waals surface area contributed by atoms with Crippen molar-refractivity contribution in [1.29, 1.82) is 0 Å². The van der Waals surface area contributed by atoms with Gasteiger partial charge in [0.25, 0.3) is 5.91 Å². The minimum Gasteiger partial charge on any atom is -0.497 e. The highest BCUT2D eigenvalue weighted by Gasteiger charge is 2.06. The van der Waals surface area contributed by atoms with Crippen LogP contribution in [0, 0.1) is 0 Å². The van der Waals surface area contributed by atoms with Crippen LogP contribution < -0.4 is 15.8 Å². The Kier molecular flexibility index (Phi) is 4.55. The van der Waals surface area contributed by atoms with E-state index in [-0.39, 0.29) is 5.91 Å². The van der Waals surface area contributed by atoms with E-state index >= 15 is 0 Å². The molecule has 3 N–H and O–H groups in total. The highest BCUT2D eigenvalue weighted by atomic mass is 16.5. The summed E-state index contributed by atoms with van der Waals surface area (Å²) in [5, 5.41) is 2.82. The van der Waals surface area contributed by atoms with Gasteiger partial charge in [0.1, 0.15) is 17.3 Å². The number of nitrogens with one attached hydrogen (secondary N) is 1. The van der Waals surface area contributed by atoms with Crippen molar-refractivity contribution in [3.8, 4) is 5.75 Å². The number of rotatable bonds is 5. The Morgan fingerprint density at radius 2 is 2.00 bits per heavy atom. The number of pyridine rings is 1. The molecule has 1 aromatic carbocycles. The number of aromatic nitrogens is 1. The van der Waals surface area contributed by atoms with E-state index in [0.717, 1.165) is 17.7 Å². The molecule has 20 heavy (non-hydrogen) atoms. The fourth-order valence-corrected chi connectivity index (χ4v) is 1.78. The molecule has 0 atom stereocenters. The smallest absolute Gasteiger partial charge is 0.269 e. The number of methoxy groups -OCH3 is 1. The van der Waals surface area contributed by atoms with Gasteiger partial charge in [-0.3, -0.25) is 4.79 Å². The molecule has 0 saturated heterocycles. The monoisotopic (exact) mass is 271 g/mol. The molecule has 0 aliphatic rings. The lowest BCUT2D eigenvalue weighted by atomic mass is 10.1. The molecule has 1 aromatic heterocycles. The molecule has 0 unspecified atom stereocenters. The van der Waals surface area contributed by atoms with Crippen LogP contribution in [0.4, 0.5) is 5.82 Å². The first-order valence-corrected chi connectivity index (χ1v) is 6.32. The number of hydrogen-bond donors (Lipinski definition) is 2. The topological polar surface area (TPSA) is 77.2 Å². The van der Waals surface area contributed by atoms with Crippen LogP contribution in [-0.2, 0) is 6.42 Å². The molecule has 0 radical (unpaired) electrons. The second-order valence-electron chi connectivity index (χ2n) is 4.30. The minimum atomic E-state index is -0.217. The average Bonchev–Trinajstić information content (AvgIpc) is 2.48. The number of ether oxygens (including phenoxy) is 1. The lowest BCUT2D eigenvalue weighted by Gasteiger charge is -2.06. The summed E-state index contributed by atoms with van der Waals surface area (Å²) in [7, 11) is 1.63. The van der Waals surface area contributed by atoms with E-state index in [4.69, 9.17) is 10.5 Å². The number of nitrogens with two attached hydrogens (primary N) is 1. The van der Waals surface area contributed by atoms with Gasteiger partial charge in [0.2, 0.25) is 0 Å². The fourth-order valence-electron chi connectivity index (χ4n) is 1.78. The van der Waals surface area contributed by atoms with E-state index in [1.54, 1.807) is 25.3 Å². The number of nitrogens with zero attached hydrogens (tertiary/aromatic N) is 1. The highest BCUT2D eigenvalue weighted by Crippen LogP contribution is 2.11. The van der Waals surface area contributed by atoms with Crippen molar-refractivity contribution in [2.75, 3.05) is 19.4 Å². The number of hydrogen-bond acceptors (Lipinski definition) is 4. The van der Waals surface area contributed by atoms with Gasteiger partial charge in [0, 0.05) is 6.54 Å². The fraction of sp³-hybridized carbons (Fsp3) is 0.200. The van der Waals surface area contributed by atoms with E-state index in [1.165, 1.54) is 0 Å². The molecule has 104 valence electrons. The zero-order valence-corrected chi connectivity index (χ0v) is 11.3. The number of benzene rings is 1. The molecule has 0 fully saturated rings. The number of amides is 1. The predicted molar refractivity (Wildman–Crippen MR) is 77.7 cm³/mol. The van der Waals surface area contributed by atoms with Crippen molar-refractivity contribution in [1.82, 2.24) is 10.3 Å². The molecule has 2 aromatic rings. The molecule has 0 bridgehead atoms. The van der Waals surface area contributed by atoms with E-state index < -0.39 is 0 Å². The number of nitrogen functional groups attached to an aromatic ring is 1. The van der Waals surface area contributed by atoms with Crippen molar-refractivity contribution in [2.45, 2.75) is 6.42 Å². The van der Waals surface area contributed by atoms with Gasteiger partial charge in [-0.25, -0.2) is 4.98 Å². The molecule has 5 heteroatoms. The van der Waals surface area contributed by atoms with E-state index in [0.29, 0.717) is 18.1 Å². The standard InChI is InChI=1S/C15H17N3O2/c1-20-12-7-5-11(6-8-12)9-10-17-15(19)13-3-2-4-14(16)18-13/h2-8H,9-10H2,1H3,(H2,16,18)(H,17,19). The van der Waals surface area contributed by atoms with Gasteiger partial charge in [-0.2, -0.15) is 0 Å². The van der Waals surface area contributed by atoms with Crippen molar-refractivity contribution in [3.05, 3.63) is 53.7 Å². The van der Waals surface area contributed by atoms with E-state index in [1.807, 2.05) is 24.3 Å². The third-order valence-electron chi connectivity index (χ3n) is 2.86. The second-order valence-corrected chi connectivity index (χ2v) is 4.30. The molecular weight excluding hydrogens is 254 g/mol. The van der Waals surface area contributed by atoms with Crippen LogP contribution in [-0.4, -0.2) is 24.5 Å². The summed E-state index contributed by atoms with van der Waals surface area (Å²) in [5.41, 5.74) is 7.00. The van der Waals surface area contributed by atoms with Crippen LogP contribution in [0.15, 0.2) is 42.5 Å². The Bertz CT molecular complexity index is 582. The maximum absolute atomic E-state index is 11.8. The molecule has 2 rings (SSSR count). The predicted octanol–water partition coefficient (Wildman–Crippen LogP) is 1.64. The Morgan fingerprint density at radius 3 is 2.65 bits per heavy atom. The zero-order valence-electron chi connectivity index (χ0n) is 11.3. The summed E-state index contributed by atoms with van der Waals surface area (Å²) in [6.07, 6.45) is 0.748. The Morgan fingerprint density at radius 1 is 1.25 bits per heavy atom. The lowest BCUT2D eigenvalue weighted by Crippen LogP contribution is -2.26. The number of carbonyl (C=O) groups is 1. The summed E-state index contributed by atoms with van der Waals surface area (Å²) >= 11 is 0. The maximum atomic E-state index is 11.8. The first-order valence-electron chi connectivity index (χ1n) is 6.32. The minimum absolute atomic E-state index is 0.217. The number of carbonyl (C=O) groups excluding carboxylic acids is 1. The quantitative estimate of drug-likeness (QED) is 0.866. The first-order chi connectivity index (χ1) is 9.69. The van der Waals surface area contributed by atoms with Crippen LogP contribution in [0.5, 0.6) is 5.75 Å².